The number of anilines is 1. The third kappa shape index (κ3) is 1.73. The number of nitrogens with zero attached hydrogens (tertiary/aromatic N) is 5. The van der Waals surface area contributed by atoms with Crippen molar-refractivity contribution < 1.29 is 0 Å². The molecule has 74 valence electrons. The van der Waals surface area contributed by atoms with E-state index in [9.17, 15) is 0 Å². The van der Waals surface area contributed by atoms with Crippen LogP contribution < -0.4 is 5.73 Å². The van der Waals surface area contributed by atoms with Crippen molar-refractivity contribution in [1.82, 2.24) is 24.3 Å². The molecule has 0 spiro atoms. The molecule has 14 heavy (non-hydrogen) atoms. The Labute approximate surface area is 81.4 Å². The Balaban J connectivity index is 2.06. The second-order valence-electron chi connectivity index (χ2n) is 3.19. The lowest BCUT2D eigenvalue weighted by Crippen LogP contribution is -2.12. The summed E-state index contributed by atoms with van der Waals surface area (Å²) in [5.41, 5.74) is 5.43. The summed E-state index contributed by atoms with van der Waals surface area (Å²) in [6.07, 6.45) is 7.08. The van der Waals surface area contributed by atoms with Gasteiger partial charge in [-0.3, -0.25) is 0 Å². The molecule has 6 nitrogen and oxygen atoms in total. The molecule has 0 saturated carbocycles. The molecule has 0 fully saturated rings. The van der Waals surface area contributed by atoms with E-state index >= 15 is 0 Å². The fourth-order valence-electron chi connectivity index (χ4n) is 1.28. The largest absolute Gasteiger partial charge is 0.367 e. The van der Waals surface area contributed by atoms with Gasteiger partial charge in [0.25, 0.3) is 0 Å². The quantitative estimate of drug-likeness (QED) is 0.759. The number of hydrogen-bond donors (Lipinski definition) is 1. The normalized spacial score (nSPS) is 12.9. The highest BCUT2D eigenvalue weighted by atomic mass is 15.4. The number of imidazole rings is 1. The van der Waals surface area contributed by atoms with E-state index in [0.717, 1.165) is 6.54 Å². The summed E-state index contributed by atoms with van der Waals surface area (Å²) in [5, 5.41) is 4.04. The average Bonchev–Trinajstić information content (AvgIpc) is 2.75. The molecular formula is C8H12N6. The molecule has 6 heteroatoms. The van der Waals surface area contributed by atoms with Crippen molar-refractivity contribution in [2.45, 2.75) is 19.5 Å². The van der Waals surface area contributed by atoms with Gasteiger partial charge in [0.05, 0.1) is 12.4 Å². The molecule has 0 aliphatic rings. The summed E-state index contributed by atoms with van der Waals surface area (Å²) in [4.78, 5) is 7.84. The molecule has 0 saturated heterocycles. The van der Waals surface area contributed by atoms with Crippen molar-refractivity contribution in [3.8, 4) is 0 Å². The van der Waals surface area contributed by atoms with E-state index in [2.05, 4.69) is 15.1 Å². The zero-order chi connectivity index (χ0) is 9.97. The maximum Gasteiger partial charge on any atom is 0.239 e. The summed E-state index contributed by atoms with van der Waals surface area (Å²) in [6, 6.07) is 0.217. The molecule has 2 heterocycles. The van der Waals surface area contributed by atoms with Crippen LogP contribution >= 0.6 is 0 Å². The molecule has 0 aliphatic carbocycles. The monoisotopic (exact) mass is 192 g/mol. The maximum absolute atomic E-state index is 5.43. The molecule has 1 unspecified atom stereocenters. The predicted octanol–water partition coefficient (Wildman–Crippen LogP) is 0.318. The Hall–Kier alpha value is -1.85. The number of aromatic nitrogens is 5. The van der Waals surface area contributed by atoms with Crippen LogP contribution in [0.25, 0.3) is 0 Å². The molecule has 2 aromatic rings. The van der Waals surface area contributed by atoms with Gasteiger partial charge in [-0.1, -0.05) is 0 Å². The van der Waals surface area contributed by atoms with Crippen LogP contribution in [0.4, 0.5) is 5.95 Å². The van der Waals surface area contributed by atoms with Gasteiger partial charge in [0, 0.05) is 18.9 Å². The zero-order valence-electron chi connectivity index (χ0n) is 7.91. The van der Waals surface area contributed by atoms with Crippen LogP contribution in [0.3, 0.4) is 0 Å². The predicted molar refractivity (Wildman–Crippen MR) is 51.4 cm³/mol. The minimum Gasteiger partial charge on any atom is -0.367 e. The second kappa shape index (κ2) is 3.49. The van der Waals surface area contributed by atoms with Crippen LogP contribution in [0.1, 0.15) is 13.0 Å². The highest BCUT2D eigenvalue weighted by Gasteiger charge is 2.06. The SMILES string of the molecule is CC(Cn1ccnc1)n1cnc(N)n1. The third-order valence-electron chi connectivity index (χ3n) is 2.01. The van der Waals surface area contributed by atoms with Gasteiger partial charge in [0.1, 0.15) is 6.33 Å². The summed E-state index contributed by atoms with van der Waals surface area (Å²) < 4.78 is 3.73. The minimum atomic E-state index is 0.217. The van der Waals surface area contributed by atoms with E-state index in [0.29, 0.717) is 5.95 Å². The van der Waals surface area contributed by atoms with Gasteiger partial charge in [-0.05, 0) is 6.92 Å². The average molecular weight is 192 g/mol. The zero-order valence-corrected chi connectivity index (χ0v) is 7.91. The van der Waals surface area contributed by atoms with Crippen LogP contribution in [0, 0.1) is 0 Å². The molecule has 2 rings (SSSR count). The Kier molecular flexibility index (Phi) is 2.18. The first kappa shape index (κ1) is 8.74. The van der Waals surface area contributed by atoms with Gasteiger partial charge >= 0.3 is 0 Å². The third-order valence-corrected chi connectivity index (χ3v) is 2.01. The van der Waals surface area contributed by atoms with Crippen LogP contribution in [-0.2, 0) is 6.54 Å². The van der Waals surface area contributed by atoms with Gasteiger partial charge < -0.3 is 10.3 Å². The van der Waals surface area contributed by atoms with Gasteiger partial charge in [-0.2, -0.15) is 0 Å². The summed E-state index contributed by atoms with van der Waals surface area (Å²) in [7, 11) is 0. The van der Waals surface area contributed by atoms with Gasteiger partial charge in [-0.15, -0.1) is 5.10 Å². The van der Waals surface area contributed by atoms with Crippen molar-refractivity contribution in [3.05, 3.63) is 25.0 Å². The highest BCUT2D eigenvalue weighted by molar-refractivity contribution is 5.09. The molecule has 1 atom stereocenters. The van der Waals surface area contributed by atoms with E-state index in [1.54, 1.807) is 23.5 Å². The lowest BCUT2D eigenvalue weighted by atomic mass is 10.3. The van der Waals surface area contributed by atoms with Crippen molar-refractivity contribution >= 4 is 5.95 Å². The van der Waals surface area contributed by atoms with Crippen molar-refractivity contribution in [1.29, 1.82) is 0 Å². The Morgan fingerprint density at radius 2 is 2.36 bits per heavy atom. The molecule has 0 radical (unpaired) electrons. The first-order valence-electron chi connectivity index (χ1n) is 4.38. The van der Waals surface area contributed by atoms with E-state index in [1.165, 1.54) is 0 Å². The van der Waals surface area contributed by atoms with Crippen LogP contribution in [0.15, 0.2) is 25.0 Å². The maximum atomic E-state index is 5.43. The lowest BCUT2D eigenvalue weighted by molar-refractivity contribution is 0.426. The fourth-order valence-corrected chi connectivity index (χ4v) is 1.28. The van der Waals surface area contributed by atoms with Crippen molar-refractivity contribution in [3.63, 3.8) is 0 Å². The van der Waals surface area contributed by atoms with Crippen molar-refractivity contribution in [2.75, 3.05) is 5.73 Å². The molecule has 0 aliphatic heterocycles. The number of nitrogen functional groups attached to an aromatic ring is 1. The molecular weight excluding hydrogens is 180 g/mol. The van der Waals surface area contributed by atoms with Crippen LogP contribution in [-0.4, -0.2) is 24.3 Å². The molecule has 0 bridgehead atoms. The van der Waals surface area contributed by atoms with E-state index in [-0.39, 0.29) is 6.04 Å². The number of nitrogens with two attached hydrogens (primary N) is 1. The molecule has 2 N–H and O–H groups in total. The lowest BCUT2D eigenvalue weighted by Gasteiger charge is -2.11. The smallest absolute Gasteiger partial charge is 0.239 e. The Morgan fingerprint density at radius 3 is 2.93 bits per heavy atom. The summed E-state index contributed by atoms with van der Waals surface area (Å²) in [5.74, 6) is 0.308. The summed E-state index contributed by atoms with van der Waals surface area (Å²) in [6.45, 7) is 2.86. The van der Waals surface area contributed by atoms with Gasteiger partial charge in [-0.25, -0.2) is 14.6 Å². The van der Waals surface area contributed by atoms with E-state index < -0.39 is 0 Å². The standard InChI is InChI=1S/C8H12N6/c1-7(4-13-3-2-10-5-13)14-6-11-8(9)12-14/h2-3,5-7H,4H2,1H3,(H2,9,12). The van der Waals surface area contributed by atoms with E-state index in [1.807, 2.05) is 17.7 Å². The van der Waals surface area contributed by atoms with Crippen molar-refractivity contribution in [2.24, 2.45) is 0 Å². The number of rotatable bonds is 3. The minimum absolute atomic E-state index is 0.217. The Morgan fingerprint density at radius 1 is 1.50 bits per heavy atom. The Bertz CT molecular complexity index is 390. The highest BCUT2D eigenvalue weighted by Crippen LogP contribution is 2.07. The second-order valence-corrected chi connectivity index (χ2v) is 3.19. The molecule has 0 aromatic carbocycles. The molecule has 0 amide bonds. The van der Waals surface area contributed by atoms with E-state index in [4.69, 9.17) is 5.73 Å². The first-order chi connectivity index (χ1) is 6.75. The fraction of sp³-hybridized carbons (Fsp3) is 0.375. The van der Waals surface area contributed by atoms with Gasteiger partial charge in [0.15, 0.2) is 0 Å². The topological polar surface area (TPSA) is 74.5 Å². The van der Waals surface area contributed by atoms with Crippen LogP contribution in [0.5, 0.6) is 0 Å². The van der Waals surface area contributed by atoms with Crippen LogP contribution in [0.2, 0.25) is 0 Å². The first-order valence-corrected chi connectivity index (χ1v) is 4.38. The number of hydrogen-bond acceptors (Lipinski definition) is 4. The molecule has 2 aromatic heterocycles. The summed E-state index contributed by atoms with van der Waals surface area (Å²) >= 11 is 0. The van der Waals surface area contributed by atoms with Gasteiger partial charge in [0.2, 0.25) is 5.95 Å².